The Bertz CT molecular complexity index is 371. The molecule has 0 aliphatic carbocycles. The Morgan fingerprint density at radius 1 is 1.47 bits per heavy atom. The highest BCUT2D eigenvalue weighted by Crippen LogP contribution is 2.14. The van der Waals surface area contributed by atoms with E-state index >= 15 is 0 Å². The first-order chi connectivity index (χ1) is 7.17. The lowest BCUT2D eigenvalue weighted by atomic mass is 10.1. The number of hydrogen-bond acceptors (Lipinski definition) is 2. The zero-order valence-corrected chi connectivity index (χ0v) is 8.37. The third kappa shape index (κ3) is 3.09. The Kier molecular flexibility index (Phi) is 3.85. The molecule has 0 saturated carbocycles. The second kappa shape index (κ2) is 5.14. The third-order valence-electron chi connectivity index (χ3n) is 2.00. The first kappa shape index (κ1) is 11.2. The summed E-state index contributed by atoms with van der Waals surface area (Å²) in [5.41, 5.74) is 5.74. The maximum Gasteiger partial charge on any atom is 0.247 e. The lowest BCUT2D eigenvalue weighted by molar-refractivity contribution is -0.114. The van der Waals surface area contributed by atoms with Crippen molar-refractivity contribution in [1.29, 1.82) is 0 Å². The number of ether oxygens (including phenoxy) is 1. The predicted molar refractivity (Wildman–Crippen MR) is 55.1 cm³/mol. The minimum Gasteiger partial charge on any atom is -0.497 e. The number of methoxy groups -OCH3 is 1. The molecule has 0 spiro atoms. The number of benzene rings is 1. The van der Waals surface area contributed by atoms with Crippen LogP contribution in [0.5, 0.6) is 5.75 Å². The molecule has 0 aliphatic heterocycles. The number of primary amides is 1. The van der Waals surface area contributed by atoms with Gasteiger partial charge in [0.2, 0.25) is 5.91 Å². The fraction of sp³-hybridized carbons (Fsp3) is 0.182. The summed E-state index contributed by atoms with van der Waals surface area (Å²) in [7, 11) is 1.56. The topological polar surface area (TPSA) is 52.3 Å². The Balaban J connectivity index is 2.76. The summed E-state index contributed by atoms with van der Waals surface area (Å²) in [6.45, 7) is 0. The Morgan fingerprint density at radius 3 is 2.47 bits per heavy atom. The van der Waals surface area contributed by atoms with E-state index in [0.717, 1.165) is 5.56 Å². The summed E-state index contributed by atoms with van der Waals surface area (Å²) in [4.78, 5) is 10.7. The van der Waals surface area contributed by atoms with Crippen LogP contribution in [0.1, 0.15) is 5.56 Å². The standard InChI is InChI=1S/C11H12FNO2/c1-15-10-4-2-8(3-5-10)6-9(7-12)11(13)14/h2-5,7H,6H2,1H3,(H2,13,14)/b9-7-. The number of carbonyl (C=O) groups excluding carboxylic acids is 1. The lowest BCUT2D eigenvalue weighted by Gasteiger charge is -2.03. The molecule has 0 atom stereocenters. The van der Waals surface area contributed by atoms with Crippen LogP contribution in [0.15, 0.2) is 36.2 Å². The van der Waals surface area contributed by atoms with Gasteiger partial charge in [0, 0.05) is 12.0 Å². The van der Waals surface area contributed by atoms with Gasteiger partial charge in [-0.2, -0.15) is 0 Å². The van der Waals surface area contributed by atoms with E-state index < -0.39 is 5.91 Å². The zero-order valence-electron chi connectivity index (χ0n) is 8.37. The maximum atomic E-state index is 12.3. The SMILES string of the molecule is COc1ccc(C/C(=C/F)C(N)=O)cc1. The smallest absolute Gasteiger partial charge is 0.247 e. The van der Waals surface area contributed by atoms with Crippen molar-refractivity contribution < 1.29 is 13.9 Å². The van der Waals surface area contributed by atoms with E-state index in [9.17, 15) is 9.18 Å². The number of carbonyl (C=O) groups is 1. The molecular weight excluding hydrogens is 197 g/mol. The third-order valence-corrected chi connectivity index (χ3v) is 2.00. The lowest BCUT2D eigenvalue weighted by Crippen LogP contribution is -2.15. The molecule has 15 heavy (non-hydrogen) atoms. The van der Waals surface area contributed by atoms with Crippen LogP contribution in [0.3, 0.4) is 0 Å². The van der Waals surface area contributed by atoms with Crippen molar-refractivity contribution in [2.75, 3.05) is 7.11 Å². The first-order valence-electron chi connectivity index (χ1n) is 4.39. The van der Waals surface area contributed by atoms with E-state index in [-0.39, 0.29) is 18.3 Å². The molecule has 0 aliphatic rings. The Hall–Kier alpha value is -1.84. The van der Waals surface area contributed by atoms with Gasteiger partial charge in [-0.3, -0.25) is 4.79 Å². The van der Waals surface area contributed by atoms with Gasteiger partial charge in [0.05, 0.1) is 13.4 Å². The quantitative estimate of drug-likeness (QED) is 0.765. The molecular formula is C11H12FNO2. The van der Waals surface area contributed by atoms with Crippen LogP contribution in [0.2, 0.25) is 0 Å². The van der Waals surface area contributed by atoms with Crippen molar-refractivity contribution >= 4 is 5.91 Å². The van der Waals surface area contributed by atoms with E-state index in [4.69, 9.17) is 10.5 Å². The van der Waals surface area contributed by atoms with Crippen molar-refractivity contribution in [2.24, 2.45) is 5.73 Å². The van der Waals surface area contributed by atoms with Gasteiger partial charge in [-0.15, -0.1) is 0 Å². The van der Waals surface area contributed by atoms with Gasteiger partial charge in [0.15, 0.2) is 0 Å². The van der Waals surface area contributed by atoms with Gasteiger partial charge in [0.1, 0.15) is 5.75 Å². The number of nitrogens with two attached hydrogens (primary N) is 1. The van der Waals surface area contributed by atoms with Gasteiger partial charge in [0.25, 0.3) is 0 Å². The second-order valence-electron chi connectivity index (χ2n) is 3.02. The maximum absolute atomic E-state index is 12.3. The minimum absolute atomic E-state index is 0.0415. The molecule has 0 aromatic heterocycles. The first-order valence-corrected chi connectivity index (χ1v) is 4.39. The van der Waals surface area contributed by atoms with E-state index in [0.29, 0.717) is 5.75 Å². The van der Waals surface area contributed by atoms with E-state index in [2.05, 4.69) is 0 Å². The zero-order chi connectivity index (χ0) is 11.3. The fourth-order valence-electron chi connectivity index (χ4n) is 1.14. The van der Waals surface area contributed by atoms with Crippen molar-refractivity contribution in [3.05, 3.63) is 41.7 Å². The van der Waals surface area contributed by atoms with Crippen LogP contribution < -0.4 is 10.5 Å². The van der Waals surface area contributed by atoms with Crippen LogP contribution in [0.25, 0.3) is 0 Å². The highest BCUT2D eigenvalue weighted by molar-refractivity contribution is 5.92. The van der Waals surface area contributed by atoms with E-state index in [1.54, 1.807) is 31.4 Å². The van der Waals surface area contributed by atoms with Gasteiger partial charge in [-0.05, 0) is 17.7 Å². The van der Waals surface area contributed by atoms with Crippen molar-refractivity contribution in [2.45, 2.75) is 6.42 Å². The Morgan fingerprint density at radius 2 is 2.07 bits per heavy atom. The molecule has 0 bridgehead atoms. The highest BCUT2D eigenvalue weighted by atomic mass is 19.1. The largest absolute Gasteiger partial charge is 0.497 e. The number of amides is 1. The molecule has 4 heteroatoms. The van der Waals surface area contributed by atoms with Gasteiger partial charge in [-0.25, -0.2) is 4.39 Å². The van der Waals surface area contributed by atoms with Gasteiger partial charge >= 0.3 is 0 Å². The second-order valence-corrected chi connectivity index (χ2v) is 3.02. The van der Waals surface area contributed by atoms with Crippen molar-refractivity contribution in [3.8, 4) is 5.75 Å². The fourth-order valence-corrected chi connectivity index (χ4v) is 1.14. The van der Waals surface area contributed by atoms with Crippen LogP contribution in [-0.2, 0) is 11.2 Å². The van der Waals surface area contributed by atoms with E-state index in [1.165, 1.54) is 0 Å². The van der Waals surface area contributed by atoms with Crippen LogP contribution >= 0.6 is 0 Å². The highest BCUT2D eigenvalue weighted by Gasteiger charge is 2.06. The van der Waals surface area contributed by atoms with Crippen LogP contribution in [-0.4, -0.2) is 13.0 Å². The van der Waals surface area contributed by atoms with Gasteiger partial charge in [-0.1, -0.05) is 12.1 Å². The minimum atomic E-state index is -0.742. The number of rotatable bonds is 4. The molecule has 3 nitrogen and oxygen atoms in total. The molecule has 1 rings (SSSR count). The summed E-state index contributed by atoms with van der Waals surface area (Å²) in [5, 5.41) is 0. The molecule has 0 unspecified atom stereocenters. The summed E-state index contributed by atoms with van der Waals surface area (Å²) in [6, 6.07) is 6.99. The molecule has 2 N–H and O–H groups in total. The van der Waals surface area contributed by atoms with Gasteiger partial charge < -0.3 is 10.5 Å². The molecule has 1 amide bonds. The number of halogens is 1. The van der Waals surface area contributed by atoms with Crippen LogP contribution in [0, 0.1) is 0 Å². The normalized spacial score (nSPS) is 11.2. The van der Waals surface area contributed by atoms with Crippen molar-refractivity contribution in [1.82, 2.24) is 0 Å². The average Bonchev–Trinajstić information content (AvgIpc) is 2.26. The monoisotopic (exact) mass is 209 g/mol. The summed E-state index contributed by atoms with van der Waals surface area (Å²) < 4.78 is 17.2. The van der Waals surface area contributed by atoms with Crippen molar-refractivity contribution in [3.63, 3.8) is 0 Å². The average molecular weight is 209 g/mol. The molecule has 0 heterocycles. The Labute approximate surface area is 87.3 Å². The molecule has 0 fully saturated rings. The van der Waals surface area contributed by atoms with E-state index in [1.807, 2.05) is 0 Å². The molecule has 80 valence electrons. The summed E-state index contributed by atoms with van der Waals surface area (Å²) in [5.74, 6) is -0.0306. The van der Waals surface area contributed by atoms with Crippen LogP contribution in [0.4, 0.5) is 4.39 Å². The molecule has 1 aromatic carbocycles. The molecule has 0 radical (unpaired) electrons. The number of hydrogen-bond donors (Lipinski definition) is 1. The molecule has 1 aromatic rings. The summed E-state index contributed by atoms with van der Waals surface area (Å²) in [6.07, 6.45) is 0.433. The molecule has 0 saturated heterocycles. The predicted octanol–water partition coefficient (Wildman–Crippen LogP) is 1.58. The summed E-state index contributed by atoms with van der Waals surface area (Å²) >= 11 is 0.